The molecule has 0 bridgehead atoms. The van der Waals surface area contributed by atoms with E-state index in [4.69, 9.17) is 4.74 Å². The van der Waals surface area contributed by atoms with Gasteiger partial charge in [-0.25, -0.2) is 0 Å². The van der Waals surface area contributed by atoms with E-state index in [1.165, 1.54) is 0 Å². The number of ether oxygens (including phenoxy) is 1. The van der Waals surface area contributed by atoms with Crippen molar-refractivity contribution < 1.29 is 9.53 Å². The van der Waals surface area contributed by atoms with E-state index >= 15 is 0 Å². The highest BCUT2D eigenvalue weighted by Crippen LogP contribution is 2.10. The molecule has 1 aromatic heterocycles. The molecule has 0 aliphatic heterocycles. The Hall–Kier alpha value is -1.56. The highest BCUT2D eigenvalue weighted by atomic mass is 16.5. The minimum absolute atomic E-state index is 0.0179. The molecule has 0 saturated carbocycles. The quantitative estimate of drug-likeness (QED) is 0.750. The number of hydrogen-bond acceptors (Lipinski definition) is 4. The lowest BCUT2D eigenvalue weighted by molar-refractivity contribution is -0.120. The zero-order valence-corrected chi connectivity index (χ0v) is 10.8. The summed E-state index contributed by atoms with van der Waals surface area (Å²) in [6.07, 6.45) is 1.85. The Balaban J connectivity index is 2.35. The number of aryl methyl sites for hydroxylation is 2. The lowest BCUT2D eigenvalue weighted by Gasteiger charge is -2.13. The first-order valence-corrected chi connectivity index (χ1v) is 5.55. The Bertz CT molecular complexity index is 376. The Morgan fingerprint density at radius 2 is 2.35 bits per heavy atom. The van der Waals surface area contributed by atoms with E-state index in [0.29, 0.717) is 6.61 Å². The molecule has 0 spiro atoms. The SMILES string of the molecule is COCC(C)NC(=O)CNc1cn(C)nc1C. The number of aromatic nitrogens is 2. The van der Waals surface area contributed by atoms with Crippen LogP contribution in [0.4, 0.5) is 5.69 Å². The first-order valence-electron chi connectivity index (χ1n) is 5.55. The van der Waals surface area contributed by atoms with Crippen molar-refractivity contribution in [3.63, 3.8) is 0 Å². The first-order chi connectivity index (χ1) is 8.02. The van der Waals surface area contributed by atoms with Gasteiger partial charge in [0.05, 0.1) is 24.5 Å². The van der Waals surface area contributed by atoms with E-state index in [1.807, 2.05) is 27.1 Å². The Morgan fingerprint density at radius 1 is 1.65 bits per heavy atom. The van der Waals surface area contributed by atoms with E-state index in [-0.39, 0.29) is 18.5 Å². The number of amides is 1. The van der Waals surface area contributed by atoms with Crippen molar-refractivity contribution in [3.8, 4) is 0 Å². The highest BCUT2D eigenvalue weighted by molar-refractivity contribution is 5.81. The number of rotatable bonds is 6. The van der Waals surface area contributed by atoms with Crippen molar-refractivity contribution >= 4 is 11.6 Å². The molecule has 96 valence electrons. The van der Waals surface area contributed by atoms with Gasteiger partial charge < -0.3 is 15.4 Å². The molecular weight excluding hydrogens is 220 g/mol. The third-order valence-corrected chi connectivity index (χ3v) is 2.28. The monoisotopic (exact) mass is 240 g/mol. The van der Waals surface area contributed by atoms with Gasteiger partial charge in [0.25, 0.3) is 0 Å². The maximum absolute atomic E-state index is 11.6. The van der Waals surface area contributed by atoms with Crippen LogP contribution in [-0.2, 0) is 16.6 Å². The van der Waals surface area contributed by atoms with Gasteiger partial charge in [-0.15, -0.1) is 0 Å². The fourth-order valence-electron chi connectivity index (χ4n) is 1.57. The second kappa shape index (κ2) is 6.24. The summed E-state index contributed by atoms with van der Waals surface area (Å²) in [5.41, 5.74) is 1.76. The van der Waals surface area contributed by atoms with Crippen LogP contribution >= 0.6 is 0 Å². The average Bonchev–Trinajstić information content (AvgIpc) is 2.54. The van der Waals surface area contributed by atoms with Crippen LogP contribution in [0, 0.1) is 6.92 Å². The summed E-state index contributed by atoms with van der Waals surface area (Å²) in [7, 11) is 3.46. The van der Waals surface area contributed by atoms with Crippen molar-refractivity contribution in [2.45, 2.75) is 19.9 Å². The van der Waals surface area contributed by atoms with Crippen molar-refractivity contribution in [1.82, 2.24) is 15.1 Å². The third kappa shape index (κ3) is 4.44. The van der Waals surface area contributed by atoms with Crippen molar-refractivity contribution in [1.29, 1.82) is 0 Å². The van der Waals surface area contributed by atoms with Gasteiger partial charge in [-0.05, 0) is 13.8 Å². The largest absolute Gasteiger partial charge is 0.383 e. The van der Waals surface area contributed by atoms with Crippen LogP contribution in [0.1, 0.15) is 12.6 Å². The number of carbonyl (C=O) groups is 1. The summed E-state index contributed by atoms with van der Waals surface area (Å²) < 4.78 is 6.65. The van der Waals surface area contributed by atoms with Crippen molar-refractivity contribution in [3.05, 3.63) is 11.9 Å². The molecule has 1 amide bonds. The summed E-state index contributed by atoms with van der Waals surface area (Å²) in [5, 5.41) is 10.1. The zero-order valence-electron chi connectivity index (χ0n) is 10.8. The molecule has 1 atom stereocenters. The van der Waals surface area contributed by atoms with Gasteiger partial charge >= 0.3 is 0 Å². The molecule has 1 unspecified atom stereocenters. The van der Waals surface area contributed by atoms with Crippen LogP contribution in [-0.4, -0.2) is 42.0 Å². The molecular formula is C11H20N4O2. The first kappa shape index (κ1) is 13.5. The second-order valence-electron chi connectivity index (χ2n) is 4.08. The van der Waals surface area contributed by atoms with Crippen LogP contribution in [0.25, 0.3) is 0 Å². The lowest BCUT2D eigenvalue weighted by Crippen LogP contribution is -2.39. The molecule has 6 nitrogen and oxygen atoms in total. The summed E-state index contributed by atoms with van der Waals surface area (Å²) in [5.74, 6) is -0.0576. The number of methoxy groups -OCH3 is 1. The minimum Gasteiger partial charge on any atom is -0.383 e. The maximum atomic E-state index is 11.6. The number of carbonyl (C=O) groups excluding carboxylic acids is 1. The van der Waals surface area contributed by atoms with Crippen LogP contribution in [0.15, 0.2) is 6.20 Å². The van der Waals surface area contributed by atoms with Crippen LogP contribution in [0.5, 0.6) is 0 Å². The highest BCUT2D eigenvalue weighted by Gasteiger charge is 2.08. The van der Waals surface area contributed by atoms with Crippen LogP contribution < -0.4 is 10.6 Å². The zero-order chi connectivity index (χ0) is 12.8. The summed E-state index contributed by atoms with van der Waals surface area (Å²) >= 11 is 0. The Labute approximate surface area is 101 Å². The van der Waals surface area contributed by atoms with Crippen LogP contribution in [0.3, 0.4) is 0 Å². The number of anilines is 1. The fraction of sp³-hybridized carbons (Fsp3) is 0.636. The fourth-order valence-corrected chi connectivity index (χ4v) is 1.57. The predicted octanol–water partition coefficient (Wildman–Crippen LogP) is 0.292. The molecule has 0 aromatic carbocycles. The van der Waals surface area contributed by atoms with E-state index in [9.17, 15) is 4.79 Å². The number of nitrogens with one attached hydrogen (secondary N) is 2. The molecule has 2 N–H and O–H groups in total. The average molecular weight is 240 g/mol. The topological polar surface area (TPSA) is 68.2 Å². The smallest absolute Gasteiger partial charge is 0.239 e. The van der Waals surface area contributed by atoms with Crippen molar-refractivity contribution in [2.24, 2.45) is 7.05 Å². The summed E-state index contributed by atoms with van der Waals surface area (Å²) in [4.78, 5) is 11.6. The number of hydrogen-bond donors (Lipinski definition) is 2. The van der Waals surface area contributed by atoms with Gasteiger partial charge in [-0.2, -0.15) is 5.10 Å². The van der Waals surface area contributed by atoms with Gasteiger partial charge in [-0.1, -0.05) is 0 Å². The standard InChI is InChI=1S/C11H20N4O2/c1-8(7-17-4)13-11(16)5-12-10-6-15(3)14-9(10)2/h6,8,12H,5,7H2,1-4H3,(H,13,16). The normalized spacial score (nSPS) is 12.2. The summed E-state index contributed by atoms with van der Waals surface area (Å²) in [6, 6.07) is 0.0179. The van der Waals surface area contributed by atoms with E-state index in [1.54, 1.807) is 11.8 Å². The maximum Gasteiger partial charge on any atom is 0.239 e. The van der Waals surface area contributed by atoms with E-state index in [0.717, 1.165) is 11.4 Å². The predicted molar refractivity (Wildman–Crippen MR) is 65.9 cm³/mol. The third-order valence-electron chi connectivity index (χ3n) is 2.28. The second-order valence-corrected chi connectivity index (χ2v) is 4.08. The van der Waals surface area contributed by atoms with Gasteiger partial charge in [0.15, 0.2) is 0 Å². The van der Waals surface area contributed by atoms with Gasteiger partial charge in [0.1, 0.15) is 0 Å². The van der Waals surface area contributed by atoms with Gasteiger partial charge in [0, 0.05) is 26.4 Å². The van der Waals surface area contributed by atoms with Gasteiger partial charge in [-0.3, -0.25) is 9.48 Å². The molecule has 1 rings (SSSR count). The molecule has 1 heterocycles. The molecule has 0 aliphatic carbocycles. The molecule has 0 radical (unpaired) electrons. The van der Waals surface area contributed by atoms with Gasteiger partial charge in [0.2, 0.25) is 5.91 Å². The molecule has 6 heteroatoms. The van der Waals surface area contributed by atoms with Crippen LogP contribution in [0.2, 0.25) is 0 Å². The van der Waals surface area contributed by atoms with E-state index in [2.05, 4.69) is 15.7 Å². The van der Waals surface area contributed by atoms with Crippen molar-refractivity contribution in [2.75, 3.05) is 25.6 Å². The minimum atomic E-state index is -0.0576. The molecule has 0 fully saturated rings. The Kier molecular flexibility index (Phi) is 4.96. The molecule has 0 saturated heterocycles. The molecule has 0 aliphatic rings. The Morgan fingerprint density at radius 3 is 2.88 bits per heavy atom. The van der Waals surface area contributed by atoms with E-state index < -0.39 is 0 Å². The molecule has 17 heavy (non-hydrogen) atoms. The summed E-state index contributed by atoms with van der Waals surface area (Å²) in [6.45, 7) is 4.54. The lowest BCUT2D eigenvalue weighted by atomic mass is 10.3. The number of nitrogens with zero attached hydrogens (tertiary/aromatic N) is 2. The molecule has 1 aromatic rings.